The number of nitrogens with one attached hydrogen (secondary N) is 2. The molecule has 0 fully saturated rings. The molecule has 0 saturated carbocycles. The maximum atomic E-state index is 13.0. The van der Waals surface area contributed by atoms with Gasteiger partial charge in [-0.2, -0.15) is 0 Å². The molecule has 19 heavy (non-hydrogen) atoms. The first-order valence-corrected chi connectivity index (χ1v) is 6.21. The van der Waals surface area contributed by atoms with Crippen LogP contribution in [0, 0.1) is 13.8 Å². The van der Waals surface area contributed by atoms with Gasteiger partial charge in [0.25, 0.3) is 5.92 Å². The average molecular weight is 274 g/mol. The first-order valence-electron chi connectivity index (χ1n) is 6.21. The molecule has 0 radical (unpaired) electrons. The fourth-order valence-corrected chi connectivity index (χ4v) is 1.49. The first kappa shape index (κ1) is 15.6. The largest absolute Gasteiger partial charge is 0.390 e. The van der Waals surface area contributed by atoms with Crippen molar-refractivity contribution in [2.45, 2.75) is 33.1 Å². The van der Waals surface area contributed by atoms with Crippen molar-refractivity contribution in [2.75, 3.05) is 30.3 Å². The highest BCUT2D eigenvalue weighted by Gasteiger charge is 2.27. The summed E-state index contributed by atoms with van der Waals surface area (Å²) in [6.07, 6.45) is 0.938. The first-order chi connectivity index (χ1) is 8.89. The summed E-state index contributed by atoms with van der Waals surface area (Å²) in [7, 11) is 0. The molecule has 0 atom stereocenters. The van der Waals surface area contributed by atoms with Crippen LogP contribution in [0.1, 0.15) is 24.7 Å². The molecule has 108 valence electrons. The maximum absolute atomic E-state index is 13.0. The number of aliphatic hydroxyl groups is 1. The molecule has 1 aromatic rings. The molecule has 1 aromatic heterocycles. The van der Waals surface area contributed by atoms with E-state index in [1.807, 2.05) is 6.92 Å². The molecule has 1 rings (SSSR count). The molecule has 3 N–H and O–H groups in total. The maximum Gasteiger partial charge on any atom is 0.287 e. The predicted molar refractivity (Wildman–Crippen MR) is 70.8 cm³/mol. The zero-order chi connectivity index (χ0) is 14.5. The van der Waals surface area contributed by atoms with E-state index in [9.17, 15) is 8.78 Å². The number of alkyl halides is 2. The van der Waals surface area contributed by atoms with E-state index in [0.717, 1.165) is 13.0 Å². The predicted octanol–water partition coefficient (Wildman–Crippen LogP) is 1.95. The van der Waals surface area contributed by atoms with Gasteiger partial charge in [-0.05, 0) is 20.3 Å². The molecule has 0 amide bonds. The molecule has 7 heteroatoms. The van der Waals surface area contributed by atoms with Gasteiger partial charge in [0.2, 0.25) is 0 Å². The molecule has 0 aliphatic carbocycles. The second kappa shape index (κ2) is 6.60. The normalized spacial score (nSPS) is 11.5. The van der Waals surface area contributed by atoms with E-state index in [4.69, 9.17) is 5.11 Å². The van der Waals surface area contributed by atoms with Crippen molar-refractivity contribution in [3.8, 4) is 0 Å². The van der Waals surface area contributed by atoms with E-state index in [-0.39, 0.29) is 0 Å². The lowest BCUT2D eigenvalue weighted by molar-refractivity contribution is -0.0373. The molecule has 0 spiro atoms. The van der Waals surface area contributed by atoms with Crippen LogP contribution in [0.3, 0.4) is 0 Å². The average Bonchev–Trinajstić information content (AvgIpc) is 2.37. The smallest absolute Gasteiger partial charge is 0.287 e. The van der Waals surface area contributed by atoms with Gasteiger partial charge < -0.3 is 15.7 Å². The van der Waals surface area contributed by atoms with Crippen LogP contribution in [0.25, 0.3) is 0 Å². The zero-order valence-corrected chi connectivity index (χ0v) is 11.4. The van der Waals surface area contributed by atoms with Gasteiger partial charge in [-0.15, -0.1) is 0 Å². The van der Waals surface area contributed by atoms with Crippen molar-refractivity contribution in [2.24, 2.45) is 0 Å². The monoisotopic (exact) mass is 274 g/mol. The summed E-state index contributed by atoms with van der Waals surface area (Å²) in [6, 6.07) is 0. The number of hydrogen-bond acceptors (Lipinski definition) is 5. The van der Waals surface area contributed by atoms with Crippen LogP contribution < -0.4 is 10.6 Å². The van der Waals surface area contributed by atoms with Crippen molar-refractivity contribution in [3.05, 3.63) is 11.4 Å². The molecule has 0 bridgehead atoms. The van der Waals surface area contributed by atoms with Crippen LogP contribution in [-0.4, -0.2) is 40.7 Å². The molecule has 1 heterocycles. The van der Waals surface area contributed by atoms with E-state index in [2.05, 4.69) is 20.6 Å². The summed E-state index contributed by atoms with van der Waals surface area (Å²) >= 11 is 0. The van der Waals surface area contributed by atoms with Gasteiger partial charge >= 0.3 is 0 Å². The lowest BCUT2D eigenvalue weighted by Crippen LogP contribution is -2.31. The second-order valence-electron chi connectivity index (χ2n) is 4.39. The lowest BCUT2D eigenvalue weighted by atomic mass is 10.2. The minimum atomic E-state index is -3.16. The third kappa shape index (κ3) is 4.59. The van der Waals surface area contributed by atoms with E-state index >= 15 is 0 Å². The minimum absolute atomic E-state index is 0.360. The van der Waals surface area contributed by atoms with E-state index < -0.39 is 19.1 Å². The topological polar surface area (TPSA) is 70.1 Å². The Kier molecular flexibility index (Phi) is 5.41. The summed E-state index contributed by atoms with van der Waals surface area (Å²) in [4.78, 5) is 8.34. The molecule has 0 aliphatic rings. The second-order valence-corrected chi connectivity index (χ2v) is 4.39. The van der Waals surface area contributed by atoms with Gasteiger partial charge in [0.05, 0.1) is 6.54 Å². The van der Waals surface area contributed by atoms with Crippen molar-refractivity contribution in [1.82, 2.24) is 9.97 Å². The van der Waals surface area contributed by atoms with Crippen LogP contribution >= 0.6 is 0 Å². The van der Waals surface area contributed by atoms with Crippen LogP contribution in [0.4, 0.5) is 20.4 Å². The molecule has 0 unspecified atom stereocenters. The van der Waals surface area contributed by atoms with E-state index in [0.29, 0.717) is 23.0 Å². The summed E-state index contributed by atoms with van der Waals surface area (Å²) in [5, 5.41) is 14.2. The van der Waals surface area contributed by atoms with Crippen molar-refractivity contribution < 1.29 is 13.9 Å². The molecule has 5 nitrogen and oxygen atoms in total. The number of hydrogen-bond donors (Lipinski definition) is 3. The summed E-state index contributed by atoms with van der Waals surface area (Å²) in [5.74, 6) is -1.66. The Labute approximate surface area is 111 Å². The van der Waals surface area contributed by atoms with Crippen LogP contribution in [-0.2, 0) is 0 Å². The van der Waals surface area contributed by atoms with Crippen LogP contribution in [0.2, 0.25) is 0 Å². The number of anilines is 2. The van der Waals surface area contributed by atoms with Gasteiger partial charge in [-0.25, -0.2) is 18.7 Å². The number of rotatable bonds is 7. The van der Waals surface area contributed by atoms with Gasteiger partial charge in [0, 0.05) is 12.1 Å². The Morgan fingerprint density at radius 2 is 1.74 bits per heavy atom. The van der Waals surface area contributed by atoms with Crippen LogP contribution in [0.5, 0.6) is 0 Å². The lowest BCUT2D eigenvalue weighted by Gasteiger charge is -2.17. The molecule has 0 aromatic carbocycles. The number of nitrogens with zero attached hydrogens (tertiary/aromatic N) is 2. The number of aromatic nitrogens is 2. The van der Waals surface area contributed by atoms with Crippen molar-refractivity contribution >= 4 is 11.6 Å². The summed E-state index contributed by atoms with van der Waals surface area (Å²) < 4.78 is 26.0. The van der Waals surface area contributed by atoms with Gasteiger partial charge in [0.15, 0.2) is 0 Å². The van der Waals surface area contributed by atoms with Crippen LogP contribution in [0.15, 0.2) is 0 Å². The molecular formula is C12H20F2N4O. The van der Waals surface area contributed by atoms with Gasteiger partial charge in [-0.1, -0.05) is 6.92 Å². The van der Waals surface area contributed by atoms with Gasteiger partial charge in [-0.3, -0.25) is 0 Å². The molecular weight excluding hydrogens is 254 g/mol. The Bertz CT molecular complexity index is 426. The Balaban J connectivity index is 2.85. The fraction of sp³-hybridized carbons (Fsp3) is 0.667. The van der Waals surface area contributed by atoms with Gasteiger partial charge in [0.1, 0.15) is 24.1 Å². The fourth-order valence-electron chi connectivity index (χ4n) is 1.49. The number of aliphatic hydroxyl groups excluding tert-OH is 1. The Hall–Kier alpha value is -1.50. The standard InChI is InChI=1S/C12H20F2N4O/c1-4-5-15-10-8(2)11(18-9(3)17-10)16-6-12(13,14)7-19/h19H,4-7H2,1-3H3,(H2,15,16,17,18). The van der Waals surface area contributed by atoms with Crippen molar-refractivity contribution in [3.63, 3.8) is 0 Å². The quantitative estimate of drug-likeness (QED) is 0.709. The summed E-state index contributed by atoms with van der Waals surface area (Å²) in [6.45, 7) is 4.39. The Morgan fingerprint density at radius 3 is 2.26 bits per heavy atom. The highest BCUT2D eigenvalue weighted by atomic mass is 19.3. The third-order valence-corrected chi connectivity index (χ3v) is 2.55. The van der Waals surface area contributed by atoms with E-state index in [1.54, 1.807) is 13.8 Å². The molecule has 0 aliphatic heterocycles. The number of halogens is 2. The number of aryl methyl sites for hydroxylation is 1. The summed E-state index contributed by atoms with van der Waals surface area (Å²) in [5.41, 5.74) is 0.688. The van der Waals surface area contributed by atoms with Crippen molar-refractivity contribution in [1.29, 1.82) is 0 Å². The highest BCUT2D eigenvalue weighted by molar-refractivity contribution is 5.57. The minimum Gasteiger partial charge on any atom is -0.390 e. The zero-order valence-electron chi connectivity index (χ0n) is 11.4. The Morgan fingerprint density at radius 1 is 1.16 bits per heavy atom. The third-order valence-electron chi connectivity index (χ3n) is 2.55. The molecule has 0 saturated heterocycles. The SMILES string of the molecule is CCCNc1nc(C)nc(NCC(F)(F)CO)c1C. The van der Waals surface area contributed by atoms with E-state index in [1.165, 1.54) is 0 Å². The highest BCUT2D eigenvalue weighted by Crippen LogP contribution is 2.21.